The molecule has 46 valence electrons. The fraction of sp³-hybridized carbons (Fsp3) is 0.667. The summed E-state index contributed by atoms with van der Waals surface area (Å²) in [5.41, 5.74) is 0. The number of nitrogens with zero attached hydrogens (tertiary/aromatic N) is 1. The maximum absolute atomic E-state index is 11.2. The molecule has 0 unspecified atom stereocenters. The van der Waals surface area contributed by atoms with E-state index in [-0.39, 0.29) is 0 Å². The topological polar surface area (TPSA) is 57.9 Å². The van der Waals surface area contributed by atoms with E-state index in [0.29, 0.717) is 0 Å². The van der Waals surface area contributed by atoms with E-state index in [9.17, 15) is 12.8 Å². The summed E-state index contributed by atoms with van der Waals surface area (Å²) in [6.45, 7) is 0. The smallest absolute Gasteiger partial charge is 0.192 e. The Morgan fingerprint density at radius 3 is 2.25 bits per heavy atom. The van der Waals surface area contributed by atoms with Crippen LogP contribution in [-0.2, 0) is 9.84 Å². The monoisotopic (exact) mass is 137 g/mol. The van der Waals surface area contributed by atoms with Gasteiger partial charge in [0.2, 0.25) is 0 Å². The molecule has 0 aromatic carbocycles. The first-order chi connectivity index (χ1) is 3.62. The van der Waals surface area contributed by atoms with Crippen LogP contribution in [0.1, 0.15) is 0 Å². The minimum absolute atomic E-state index is 0.733. The highest BCUT2D eigenvalue weighted by molar-refractivity contribution is 7.91. The SMILES string of the molecule is N#CCS(=O)(=O)CF. The second-order valence-electron chi connectivity index (χ2n) is 1.16. The highest BCUT2D eigenvalue weighted by Gasteiger charge is 2.06. The van der Waals surface area contributed by atoms with Crippen molar-refractivity contribution in [3.63, 3.8) is 0 Å². The third-order valence-corrected chi connectivity index (χ3v) is 1.35. The lowest BCUT2D eigenvalue weighted by Gasteiger charge is -1.84. The average Bonchev–Trinajstić information content (AvgIpc) is 1.67. The first-order valence-electron chi connectivity index (χ1n) is 1.76. The van der Waals surface area contributed by atoms with Crippen LogP contribution in [0.15, 0.2) is 0 Å². The minimum Gasteiger partial charge on any atom is -0.234 e. The number of halogens is 1. The molecule has 8 heavy (non-hydrogen) atoms. The fourth-order valence-electron chi connectivity index (χ4n) is 0.137. The summed E-state index contributed by atoms with van der Waals surface area (Å²) in [5, 5.41) is 7.74. The second kappa shape index (κ2) is 2.62. The van der Waals surface area contributed by atoms with Gasteiger partial charge in [-0.05, 0) is 0 Å². The van der Waals surface area contributed by atoms with Crippen molar-refractivity contribution < 1.29 is 12.8 Å². The number of alkyl halides is 1. The number of sulfone groups is 1. The van der Waals surface area contributed by atoms with Gasteiger partial charge >= 0.3 is 0 Å². The van der Waals surface area contributed by atoms with Crippen molar-refractivity contribution in [2.24, 2.45) is 0 Å². The molecule has 5 heteroatoms. The quantitative estimate of drug-likeness (QED) is 0.531. The highest BCUT2D eigenvalue weighted by atomic mass is 32.2. The lowest BCUT2D eigenvalue weighted by molar-refractivity contribution is 0.537. The first kappa shape index (κ1) is 7.37. The fourth-order valence-corrected chi connectivity index (χ4v) is 0.411. The number of rotatable bonds is 2. The Kier molecular flexibility index (Phi) is 2.42. The van der Waals surface area contributed by atoms with Crippen molar-refractivity contribution in [3.8, 4) is 6.07 Å². The van der Waals surface area contributed by atoms with Gasteiger partial charge in [0.25, 0.3) is 0 Å². The number of hydrogen-bond donors (Lipinski definition) is 0. The summed E-state index contributed by atoms with van der Waals surface area (Å²) in [6, 6.07) is -0.113. The molecule has 0 heterocycles. The van der Waals surface area contributed by atoms with Gasteiger partial charge in [-0.2, -0.15) is 5.26 Å². The van der Waals surface area contributed by atoms with Gasteiger partial charge < -0.3 is 0 Å². The molecule has 0 aromatic heterocycles. The van der Waals surface area contributed by atoms with Crippen molar-refractivity contribution in [1.82, 2.24) is 0 Å². The first-order valence-corrected chi connectivity index (χ1v) is 3.58. The van der Waals surface area contributed by atoms with E-state index in [1.54, 1.807) is 0 Å². The summed E-state index contributed by atoms with van der Waals surface area (Å²) < 4.78 is 31.2. The molecule has 0 aliphatic rings. The van der Waals surface area contributed by atoms with Gasteiger partial charge in [0.05, 0.1) is 6.07 Å². The Morgan fingerprint density at radius 1 is 1.62 bits per heavy atom. The highest BCUT2D eigenvalue weighted by Crippen LogP contribution is 1.87. The van der Waals surface area contributed by atoms with Crippen LogP contribution < -0.4 is 0 Å². The molecule has 0 N–H and O–H groups in total. The van der Waals surface area contributed by atoms with Crippen molar-refractivity contribution in [1.29, 1.82) is 5.26 Å². The average molecular weight is 137 g/mol. The molecule has 0 saturated heterocycles. The lowest BCUT2D eigenvalue weighted by atomic mass is 10.9. The zero-order valence-corrected chi connectivity index (χ0v) is 4.78. The normalized spacial score (nSPS) is 10.5. The van der Waals surface area contributed by atoms with Crippen molar-refractivity contribution >= 4 is 9.84 Å². The molecule has 0 aliphatic carbocycles. The second-order valence-corrected chi connectivity index (χ2v) is 3.15. The third kappa shape index (κ3) is 2.53. The van der Waals surface area contributed by atoms with Gasteiger partial charge in [-0.15, -0.1) is 0 Å². The van der Waals surface area contributed by atoms with Crippen molar-refractivity contribution in [2.45, 2.75) is 0 Å². The predicted molar refractivity (Wildman–Crippen MR) is 25.4 cm³/mol. The molecule has 0 aliphatic heterocycles. The van der Waals surface area contributed by atoms with Crippen LogP contribution in [0.2, 0.25) is 0 Å². The maximum atomic E-state index is 11.2. The molecule has 0 aromatic rings. The lowest BCUT2D eigenvalue weighted by Crippen LogP contribution is -2.04. The molecule has 0 fully saturated rings. The van der Waals surface area contributed by atoms with E-state index < -0.39 is 21.6 Å². The van der Waals surface area contributed by atoms with Gasteiger partial charge in [0.1, 0.15) is 5.75 Å². The van der Waals surface area contributed by atoms with Crippen LogP contribution in [-0.4, -0.2) is 20.2 Å². The number of hydrogen-bond acceptors (Lipinski definition) is 3. The van der Waals surface area contributed by atoms with Crippen LogP contribution in [0.5, 0.6) is 0 Å². The predicted octanol–water partition coefficient (Wildman–Crippen LogP) is -0.148. The summed E-state index contributed by atoms with van der Waals surface area (Å²) in [4.78, 5) is 0. The van der Waals surface area contributed by atoms with E-state index in [0.717, 1.165) is 0 Å². The Labute approximate surface area is 46.7 Å². The minimum atomic E-state index is -3.70. The summed E-state index contributed by atoms with van der Waals surface area (Å²) >= 11 is 0. The van der Waals surface area contributed by atoms with Crippen molar-refractivity contribution in [2.75, 3.05) is 11.8 Å². The van der Waals surface area contributed by atoms with Gasteiger partial charge in [-0.1, -0.05) is 0 Å². The number of nitriles is 1. The summed E-state index contributed by atoms with van der Waals surface area (Å²) in [5.74, 6) is -0.733. The molecular weight excluding hydrogens is 133 g/mol. The molecule has 0 atom stereocenters. The molecule has 0 spiro atoms. The van der Waals surface area contributed by atoms with Crippen LogP contribution in [0, 0.1) is 11.3 Å². The Balaban J connectivity index is 4.01. The molecule has 0 radical (unpaired) electrons. The largest absolute Gasteiger partial charge is 0.234 e. The van der Waals surface area contributed by atoms with Crippen LogP contribution in [0.4, 0.5) is 4.39 Å². The summed E-state index contributed by atoms with van der Waals surface area (Å²) in [7, 11) is -3.70. The Morgan fingerprint density at radius 2 is 2.12 bits per heavy atom. The maximum Gasteiger partial charge on any atom is 0.192 e. The molecule has 3 nitrogen and oxygen atoms in total. The molecule has 0 bridgehead atoms. The van der Waals surface area contributed by atoms with Crippen molar-refractivity contribution in [3.05, 3.63) is 0 Å². The van der Waals surface area contributed by atoms with Gasteiger partial charge in [0, 0.05) is 0 Å². The van der Waals surface area contributed by atoms with E-state index in [2.05, 4.69) is 0 Å². The molecule has 0 amide bonds. The van der Waals surface area contributed by atoms with E-state index >= 15 is 0 Å². The van der Waals surface area contributed by atoms with E-state index in [1.807, 2.05) is 0 Å². The molecular formula is C3H4FNO2S. The van der Waals surface area contributed by atoms with Crippen LogP contribution in [0.3, 0.4) is 0 Å². The summed E-state index contributed by atoms with van der Waals surface area (Å²) in [6.07, 6.45) is 0. The van der Waals surface area contributed by atoms with Crippen LogP contribution >= 0.6 is 0 Å². The zero-order valence-electron chi connectivity index (χ0n) is 3.96. The molecule has 0 saturated carbocycles. The zero-order chi connectivity index (χ0) is 6.62. The van der Waals surface area contributed by atoms with Gasteiger partial charge in [-0.3, -0.25) is 0 Å². The third-order valence-electron chi connectivity index (χ3n) is 0.451. The standard InChI is InChI=1S/C3H4FNO2S/c4-3-8(6,7)2-1-5/h2-3H2. The Hall–Kier alpha value is -0.630. The van der Waals surface area contributed by atoms with E-state index in [4.69, 9.17) is 5.26 Å². The van der Waals surface area contributed by atoms with E-state index in [1.165, 1.54) is 6.07 Å². The van der Waals surface area contributed by atoms with Gasteiger partial charge in [-0.25, -0.2) is 12.8 Å². The molecule has 0 rings (SSSR count). The van der Waals surface area contributed by atoms with Crippen LogP contribution in [0.25, 0.3) is 0 Å². The van der Waals surface area contributed by atoms with Gasteiger partial charge in [0.15, 0.2) is 15.8 Å². The Bertz CT molecular complexity index is 190.